The van der Waals surface area contributed by atoms with Crippen LogP contribution in [0.25, 0.3) is 0 Å². The molecular weight excluding hydrogens is 208 g/mol. The molecule has 0 saturated carbocycles. The lowest BCUT2D eigenvalue weighted by molar-refractivity contribution is -0.161. The molecule has 0 aliphatic carbocycles. The van der Waals surface area contributed by atoms with Gasteiger partial charge in [-0.2, -0.15) is 0 Å². The van der Waals surface area contributed by atoms with Crippen LogP contribution in [-0.2, 0) is 15.1 Å². The van der Waals surface area contributed by atoms with Gasteiger partial charge in [0.2, 0.25) is 0 Å². The van der Waals surface area contributed by atoms with Crippen molar-refractivity contribution in [3.63, 3.8) is 0 Å². The average molecular weight is 224 g/mol. The molecule has 0 saturated heterocycles. The van der Waals surface area contributed by atoms with E-state index in [-0.39, 0.29) is 0 Å². The standard InChI is InChI=1S/C12H16O4/c1-4-16-10-7-5-9(6-8-10)12(2,14)11(13)15-3/h5-8,14H,4H2,1-3H3/t12-/m1/s1. The zero-order chi connectivity index (χ0) is 12.2. The summed E-state index contributed by atoms with van der Waals surface area (Å²) in [5, 5.41) is 9.96. The first-order valence-electron chi connectivity index (χ1n) is 5.06. The maximum absolute atomic E-state index is 11.3. The van der Waals surface area contributed by atoms with Crippen LogP contribution in [0.15, 0.2) is 24.3 Å². The molecule has 4 heteroatoms. The molecular formula is C12H16O4. The molecule has 1 aromatic carbocycles. The zero-order valence-electron chi connectivity index (χ0n) is 9.69. The summed E-state index contributed by atoms with van der Waals surface area (Å²) in [5.74, 6) is 0.0172. The number of aliphatic hydroxyl groups is 1. The minimum Gasteiger partial charge on any atom is -0.494 e. The summed E-state index contributed by atoms with van der Waals surface area (Å²) in [4.78, 5) is 11.3. The Balaban J connectivity index is 2.92. The SMILES string of the molecule is CCOc1ccc([C@@](C)(O)C(=O)OC)cc1. The number of esters is 1. The summed E-state index contributed by atoms with van der Waals surface area (Å²) in [6.07, 6.45) is 0. The molecule has 0 aliphatic heterocycles. The number of rotatable bonds is 4. The van der Waals surface area contributed by atoms with Crippen molar-refractivity contribution >= 4 is 5.97 Å². The van der Waals surface area contributed by atoms with Gasteiger partial charge in [-0.1, -0.05) is 12.1 Å². The molecule has 1 rings (SSSR count). The number of hydrogen-bond acceptors (Lipinski definition) is 4. The van der Waals surface area contributed by atoms with Crippen LogP contribution in [0.4, 0.5) is 0 Å². The maximum Gasteiger partial charge on any atom is 0.342 e. The van der Waals surface area contributed by atoms with Crippen LogP contribution in [0.1, 0.15) is 19.4 Å². The Kier molecular flexibility index (Phi) is 3.90. The molecule has 0 aliphatic rings. The fourth-order valence-corrected chi connectivity index (χ4v) is 1.36. The molecule has 1 atom stereocenters. The Labute approximate surface area is 94.8 Å². The van der Waals surface area contributed by atoms with Gasteiger partial charge >= 0.3 is 5.97 Å². The first-order chi connectivity index (χ1) is 7.52. The predicted octanol–water partition coefficient (Wildman–Crippen LogP) is 1.47. The third-order valence-electron chi connectivity index (χ3n) is 2.31. The summed E-state index contributed by atoms with van der Waals surface area (Å²) in [6.45, 7) is 3.86. The number of carbonyl (C=O) groups is 1. The van der Waals surface area contributed by atoms with Gasteiger partial charge in [0.15, 0.2) is 5.60 Å². The number of hydrogen-bond donors (Lipinski definition) is 1. The first-order valence-corrected chi connectivity index (χ1v) is 5.06. The van der Waals surface area contributed by atoms with Crippen LogP contribution in [0.3, 0.4) is 0 Å². The number of methoxy groups -OCH3 is 1. The molecule has 0 radical (unpaired) electrons. The summed E-state index contributed by atoms with van der Waals surface area (Å²) < 4.78 is 9.79. The quantitative estimate of drug-likeness (QED) is 0.787. The zero-order valence-corrected chi connectivity index (χ0v) is 9.69. The molecule has 4 nitrogen and oxygen atoms in total. The Morgan fingerprint density at radius 3 is 2.38 bits per heavy atom. The highest BCUT2D eigenvalue weighted by atomic mass is 16.5. The second-order valence-corrected chi connectivity index (χ2v) is 3.52. The number of carbonyl (C=O) groups excluding carboxylic acids is 1. The normalized spacial score (nSPS) is 14.0. The van der Waals surface area contributed by atoms with Gasteiger partial charge < -0.3 is 14.6 Å². The van der Waals surface area contributed by atoms with Gasteiger partial charge in [-0.25, -0.2) is 4.79 Å². The van der Waals surface area contributed by atoms with Gasteiger partial charge in [0, 0.05) is 0 Å². The highest BCUT2D eigenvalue weighted by molar-refractivity contribution is 5.80. The largest absolute Gasteiger partial charge is 0.494 e. The van der Waals surface area contributed by atoms with Gasteiger partial charge in [0.1, 0.15) is 5.75 Å². The molecule has 1 aromatic rings. The molecule has 0 unspecified atom stereocenters. The Morgan fingerprint density at radius 1 is 1.38 bits per heavy atom. The van der Waals surface area contributed by atoms with Crippen LogP contribution in [-0.4, -0.2) is 24.8 Å². The molecule has 88 valence electrons. The summed E-state index contributed by atoms with van der Waals surface area (Å²) in [5.41, 5.74) is -1.15. The molecule has 0 spiro atoms. The molecule has 16 heavy (non-hydrogen) atoms. The van der Waals surface area contributed by atoms with Crippen LogP contribution in [0, 0.1) is 0 Å². The van der Waals surface area contributed by atoms with Gasteiger partial charge in [0.05, 0.1) is 13.7 Å². The Bertz CT molecular complexity index is 354. The van der Waals surface area contributed by atoms with Crippen LogP contribution < -0.4 is 4.74 Å². The maximum atomic E-state index is 11.3. The lowest BCUT2D eigenvalue weighted by Crippen LogP contribution is -2.33. The van der Waals surface area contributed by atoms with Crippen molar-refractivity contribution in [3.05, 3.63) is 29.8 Å². The van der Waals surface area contributed by atoms with Gasteiger partial charge in [-0.15, -0.1) is 0 Å². The van der Waals surface area contributed by atoms with Crippen molar-refractivity contribution in [1.82, 2.24) is 0 Å². The number of benzene rings is 1. The van der Waals surface area contributed by atoms with Crippen molar-refractivity contribution in [2.24, 2.45) is 0 Å². The average Bonchev–Trinajstić information content (AvgIpc) is 2.29. The smallest absolute Gasteiger partial charge is 0.342 e. The van der Waals surface area contributed by atoms with Crippen LogP contribution in [0.2, 0.25) is 0 Å². The van der Waals surface area contributed by atoms with E-state index in [1.165, 1.54) is 14.0 Å². The van der Waals surface area contributed by atoms with Gasteiger partial charge in [-0.3, -0.25) is 0 Å². The van der Waals surface area contributed by atoms with E-state index in [0.717, 1.165) is 0 Å². The Morgan fingerprint density at radius 2 is 1.94 bits per heavy atom. The number of ether oxygens (including phenoxy) is 2. The lowest BCUT2D eigenvalue weighted by Gasteiger charge is -2.20. The van der Waals surface area contributed by atoms with Crippen LogP contribution in [0.5, 0.6) is 5.75 Å². The Hall–Kier alpha value is -1.55. The second kappa shape index (κ2) is 4.99. The topological polar surface area (TPSA) is 55.8 Å². The van der Waals surface area contributed by atoms with E-state index in [2.05, 4.69) is 4.74 Å². The molecule has 1 N–H and O–H groups in total. The third kappa shape index (κ3) is 2.52. The summed E-state index contributed by atoms with van der Waals surface area (Å²) >= 11 is 0. The van der Waals surface area contributed by atoms with E-state index >= 15 is 0 Å². The van der Waals surface area contributed by atoms with Crippen molar-refractivity contribution < 1.29 is 19.4 Å². The van der Waals surface area contributed by atoms with Crippen molar-refractivity contribution in [2.75, 3.05) is 13.7 Å². The minimum atomic E-state index is -1.63. The van der Waals surface area contributed by atoms with E-state index in [1.807, 2.05) is 6.92 Å². The predicted molar refractivity (Wildman–Crippen MR) is 59.2 cm³/mol. The molecule has 0 fully saturated rings. The second-order valence-electron chi connectivity index (χ2n) is 3.52. The van der Waals surface area contributed by atoms with Crippen molar-refractivity contribution in [1.29, 1.82) is 0 Å². The van der Waals surface area contributed by atoms with Crippen molar-refractivity contribution in [2.45, 2.75) is 19.4 Å². The first kappa shape index (κ1) is 12.5. The van der Waals surface area contributed by atoms with E-state index in [4.69, 9.17) is 4.74 Å². The summed E-state index contributed by atoms with van der Waals surface area (Å²) in [6, 6.07) is 6.69. The molecule has 0 heterocycles. The highest BCUT2D eigenvalue weighted by Gasteiger charge is 2.33. The van der Waals surface area contributed by atoms with Gasteiger partial charge in [0.25, 0.3) is 0 Å². The van der Waals surface area contributed by atoms with Gasteiger partial charge in [-0.05, 0) is 31.5 Å². The van der Waals surface area contributed by atoms with E-state index in [0.29, 0.717) is 17.9 Å². The fraction of sp³-hybridized carbons (Fsp3) is 0.417. The molecule has 0 amide bonds. The summed E-state index contributed by atoms with van der Waals surface area (Å²) in [7, 11) is 1.24. The molecule has 0 bridgehead atoms. The van der Waals surface area contributed by atoms with Crippen LogP contribution >= 0.6 is 0 Å². The lowest BCUT2D eigenvalue weighted by atomic mass is 9.96. The van der Waals surface area contributed by atoms with E-state index in [1.54, 1.807) is 24.3 Å². The highest BCUT2D eigenvalue weighted by Crippen LogP contribution is 2.24. The third-order valence-corrected chi connectivity index (χ3v) is 2.31. The minimum absolute atomic E-state index is 0.475. The fourth-order valence-electron chi connectivity index (χ4n) is 1.36. The monoisotopic (exact) mass is 224 g/mol. The van der Waals surface area contributed by atoms with Crippen molar-refractivity contribution in [3.8, 4) is 5.75 Å². The molecule has 0 aromatic heterocycles. The van der Waals surface area contributed by atoms with E-state index < -0.39 is 11.6 Å². The van der Waals surface area contributed by atoms with E-state index in [9.17, 15) is 9.90 Å².